The largest absolute Gasteiger partial charge is 0.463 e. The second-order valence-corrected chi connectivity index (χ2v) is 3.66. The summed E-state index contributed by atoms with van der Waals surface area (Å²) >= 11 is 0. The normalized spacial score (nSPS) is 19.1. The van der Waals surface area contributed by atoms with E-state index in [1.165, 1.54) is 0 Å². The molecule has 17 heavy (non-hydrogen) atoms. The number of nitrogens with zero attached hydrogens (tertiary/aromatic N) is 1. The molecule has 1 unspecified atom stereocenters. The van der Waals surface area contributed by atoms with E-state index in [0.717, 1.165) is 0 Å². The molecule has 0 spiro atoms. The molecule has 5 nitrogen and oxygen atoms in total. The Morgan fingerprint density at radius 2 is 1.71 bits per heavy atom. The number of aliphatic imine (C=N–C) groups is 1. The highest BCUT2D eigenvalue weighted by Gasteiger charge is 2.34. The van der Waals surface area contributed by atoms with Crippen molar-refractivity contribution in [2.75, 3.05) is 13.2 Å². The van der Waals surface area contributed by atoms with Crippen LogP contribution >= 0.6 is 0 Å². The average molecular weight is 239 g/mol. The number of rotatable bonds is 4. The smallest absolute Gasteiger partial charge is 0.353 e. The van der Waals surface area contributed by atoms with Crippen LogP contribution in [-0.4, -0.2) is 30.9 Å². The number of carbonyl (C=O) groups is 2. The van der Waals surface area contributed by atoms with Crippen molar-refractivity contribution in [1.29, 1.82) is 0 Å². The highest BCUT2D eigenvalue weighted by Crippen LogP contribution is 2.27. The van der Waals surface area contributed by atoms with Crippen LogP contribution in [0.5, 0.6) is 0 Å². The molecule has 0 bridgehead atoms. The fourth-order valence-corrected chi connectivity index (χ4v) is 1.75. The van der Waals surface area contributed by atoms with Gasteiger partial charge in [0.2, 0.25) is 0 Å². The molecular formula is C12H17NO4. The Bertz CT molecular complexity index is 395. The van der Waals surface area contributed by atoms with Crippen LogP contribution in [0.25, 0.3) is 0 Å². The van der Waals surface area contributed by atoms with Gasteiger partial charge < -0.3 is 9.47 Å². The molecule has 0 aromatic carbocycles. The molecular weight excluding hydrogens is 222 g/mol. The van der Waals surface area contributed by atoms with Gasteiger partial charge in [0.25, 0.3) is 0 Å². The highest BCUT2D eigenvalue weighted by molar-refractivity contribution is 6.39. The highest BCUT2D eigenvalue weighted by atomic mass is 16.5. The molecule has 5 heteroatoms. The minimum Gasteiger partial charge on any atom is -0.463 e. The fraction of sp³-hybridized carbons (Fsp3) is 0.583. The van der Waals surface area contributed by atoms with Gasteiger partial charge in [-0.25, -0.2) is 14.6 Å². The van der Waals surface area contributed by atoms with Gasteiger partial charge in [-0.05, 0) is 20.8 Å². The van der Waals surface area contributed by atoms with Gasteiger partial charge in [-0.15, -0.1) is 0 Å². The Labute approximate surface area is 101 Å². The van der Waals surface area contributed by atoms with Gasteiger partial charge >= 0.3 is 11.9 Å². The molecule has 0 amide bonds. The first-order valence-corrected chi connectivity index (χ1v) is 5.66. The minimum absolute atomic E-state index is 0.271. The SMILES string of the molecule is CCOC(=O)C1=NC(C)=C(C(=O)OCC)C1C. The van der Waals surface area contributed by atoms with Crippen molar-refractivity contribution in [3.05, 3.63) is 11.3 Å². The van der Waals surface area contributed by atoms with Gasteiger partial charge in [-0.1, -0.05) is 6.92 Å². The lowest BCUT2D eigenvalue weighted by Crippen LogP contribution is -2.25. The molecule has 0 aromatic rings. The fourth-order valence-electron chi connectivity index (χ4n) is 1.75. The maximum Gasteiger partial charge on any atom is 0.353 e. The van der Waals surface area contributed by atoms with Crippen molar-refractivity contribution in [3.63, 3.8) is 0 Å². The second kappa shape index (κ2) is 5.61. The predicted molar refractivity (Wildman–Crippen MR) is 62.6 cm³/mol. The molecule has 0 radical (unpaired) electrons. The molecule has 94 valence electrons. The molecule has 1 aliphatic rings. The monoisotopic (exact) mass is 239 g/mol. The minimum atomic E-state index is -0.473. The molecule has 1 heterocycles. The van der Waals surface area contributed by atoms with Crippen LogP contribution in [0.3, 0.4) is 0 Å². The lowest BCUT2D eigenvalue weighted by Gasteiger charge is -2.10. The summed E-state index contributed by atoms with van der Waals surface area (Å²) in [5.41, 5.74) is 1.24. The summed E-state index contributed by atoms with van der Waals surface area (Å²) in [5, 5.41) is 0. The second-order valence-electron chi connectivity index (χ2n) is 3.66. The third-order valence-electron chi connectivity index (χ3n) is 2.50. The first kappa shape index (κ1) is 13.4. The van der Waals surface area contributed by atoms with Crippen LogP contribution in [0, 0.1) is 5.92 Å². The summed E-state index contributed by atoms with van der Waals surface area (Å²) in [5.74, 6) is -1.26. The van der Waals surface area contributed by atoms with E-state index in [-0.39, 0.29) is 11.6 Å². The Hall–Kier alpha value is -1.65. The van der Waals surface area contributed by atoms with E-state index in [9.17, 15) is 9.59 Å². The van der Waals surface area contributed by atoms with E-state index >= 15 is 0 Å². The van der Waals surface area contributed by atoms with Gasteiger partial charge in [0.05, 0.1) is 18.8 Å². The van der Waals surface area contributed by atoms with Gasteiger partial charge in [0.15, 0.2) is 0 Å². The lowest BCUT2D eigenvalue weighted by molar-refractivity contribution is -0.138. The molecule has 1 aliphatic heterocycles. The van der Waals surface area contributed by atoms with Gasteiger partial charge in [-0.2, -0.15) is 0 Å². The maximum absolute atomic E-state index is 11.7. The Kier molecular flexibility index (Phi) is 4.43. The lowest BCUT2D eigenvalue weighted by atomic mass is 9.97. The van der Waals surface area contributed by atoms with Gasteiger partial charge in [-0.3, -0.25) is 0 Å². The zero-order valence-corrected chi connectivity index (χ0v) is 10.6. The van der Waals surface area contributed by atoms with Crippen LogP contribution in [0.15, 0.2) is 16.3 Å². The Balaban J connectivity index is 2.85. The van der Waals surface area contributed by atoms with Crippen molar-refractivity contribution < 1.29 is 19.1 Å². The van der Waals surface area contributed by atoms with Crippen LogP contribution < -0.4 is 0 Å². The zero-order valence-electron chi connectivity index (χ0n) is 10.6. The summed E-state index contributed by atoms with van der Waals surface area (Å²) in [4.78, 5) is 27.4. The number of esters is 2. The van der Waals surface area contributed by atoms with E-state index in [1.807, 2.05) is 0 Å². The first-order chi connectivity index (χ1) is 8.02. The molecule has 0 aliphatic carbocycles. The molecule has 1 rings (SSSR count). The molecule has 1 atom stereocenters. The standard InChI is InChI=1S/C12H17NO4/c1-5-16-11(14)9-7(3)10(13-8(9)4)12(15)17-6-2/h7H,5-6H2,1-4H3. The number of hydrogen-bond acceptors (Lipinski definition) is 5. The van der Waals surface area contributed by atoms with Gasteiger partial charge in [0, 0.05) is 11.6 Å². The quantitative estimate of drug-likeness (QED) is 0.697. The summed E-state index contributed by atoms with van der Waals surface area (Å²) < 4.78 is 9.82. The summed E-state index contributed by atoms with van der Waals surface area (Å²) in [6.45, 7) is 7.49. The van der Waals surface area contributed by atoms with Crippen molar-refractivity contribution in [1.82, 2.24) is 0 Å². The Morgan fingerprint density at radius 1 is 1.18 bits per heavy atom. The third-order valence-corrected chi connectivity index (χ3v) is 2.50. The number of ether oxygens (including phenoxy) is 2. The van der Waals surface area contributed by atoms with Crippen LogP contribution in [-0.2, 0) is 19.1 Å². The molecule has 0 fully saturated rings. The van der Waals surface area contributed by atoms with E-state index in [2.05, 4.69) is 4.99 Å². The topological polar surface area (TPSA) is 65.0 Å². The Morgan fingerprint density at radius 3 is 2.24 bits per heavy atom. The predicted octanol–water partition coefficient (Wildman–Crippen LogP) is 1.48. The van der Waals surface area contributed by atoms with Crippen molar-refractivity contribution in [2.24, 2.45) is 10.9 Å². The van der Waals surface area contributed by atoms with Crippen molar-refractivity contribution in [3.8, 4) is 0 Å². The average Bonchev–Trinajstić information content (AvgIpc) is 2.55. The molecule has 0 saturated heterocycles. The number of allylic oxidation sites excluding steroid dienone is 1. The first-order valence-electron chi connectivity index (χ1n) is 5.66. The van der Waals surface area contributed by atoms with Crippen LogP contribution in [0.1, 0.15) is 27.7 Å². The van der Waals surface area contributed by atoms with E-state index in [4.69, 9.17) is 9.47 Å². The van der Waals surface area contributed by atoms with E-state index in [1.54, 1.807) is 27.7 Å². The molecule has 0 N–H and O–H groups in total. The maximum atomic E-state index is 11.7. The number of hydrogen-bond donors (Lipinski definition) is 0. The summed E-state index contributed by atoms with van der Waals surface area (Å²) in [6.07, 6.45) is 0. The zero-order chi connectivity index (χ0) is 13.0. The number of carbonyl (C=O) groups excluding carboxylic acids is 2. The van der Waals surface area contributed by atoms with E-state index < -0.39 is 11.9 Å². The molecule has 0 saturated carbocycles. The van der Waals surface area contributed by atoms with Crippen molar-refractivity contribution >= 4 is 17.7 Å². The van der Waals surface area contributed by atoms with Crippen LogP contribution in [0.4, 0.5) is 0 Å². The molecule has 0 aromatic heterocycles. The van der Waals surface area contributed by atoms with Crippen LogP contribution in [0.2, 0.25) is 0 Å². The van der Waals surface area contributed by atoms with Crippen molar-refractivity contribution in [2.45, 2.75) is 27.7 Å². The summed E-state index contributed by atoms with van der Waals surface area (Å²) in [6, 6.07) is 0. The third kappa shape index (κ3) is 2.72. The van der Waals surface area contributed by atoms with E-state index in [0.29, 0.717) is 24.5 Å². The van der Waals surface area contributed by atoms with Gasteiger partial charge in [0.1, 0.15) is 5.71 Å². The summed E-state index contributed by atoms with van der Waals surface area (Å²) in [7, 11) is 0.